The van der Waals surface area contributed by atoms with Gasteiger partial charge < -0.3 is 14.0 Å². The predicted molar refractivity (Wildman–Crippen MR) is 221 cm³/mol. The van der Waals surface area contributed by atoms with Crippen molar-refractivity contribution in [1.29, 1.82) is 0 Å². The van der Waals surface area contributed by atoms with Gasteiger partial charge >= 0.3 is 6.85 Å². The average Bonchev–Trinajstić information content (AvgIpc) is 3.91. The van der Waals surface area contributed by atoms with Crippen molar-refractivity contribution < 1.29 is 9.47 Å². The van der Waals surface area contributed by atoms with E-state index in [1.54, 1.807) is 0 Å². The Hall–Kier alpha value is -7.72. The summed E-state index contributed by atoms with van der Waals surface area (Å²) in [4.78, 5) is 20.8. The number of nitrogens with zero attached hydrogens (tertiary/aromatic N) is 7. The van der Waals surface area contributed by atoms with Crippen LogP contribution in [-0.4, -0.2) is 40.4 Å². The fourth-order valence-electron chi connectivity index (χ4n) is 8.91. The molecule has 260 valence electrons. The van der Waals surface area contributed by atoms with Crippen molar-refractivity contribution in [2.75, 3.05) is 0 Å². The van der Waals surface area contributed by atoms with Gasteiger partial charge in [-0.05, 0) is 60.1 Å². The minimum Gasteiger partial charge on any atom is -0.458 e. The van der Waals surface area contributed by atoms with Crippen LogP contribution in [0.4, 0.5) is 0 Å². The molecule has 56 heavy (non-hydrogen) atoms. The first-order chi connectivity index (χ1) is 27.8. The number of para-hydroxylation sites is 7. The quantitative estimate of drug-likeness (QED) is 0.170. The Morgan fingerprint density at radius 2 is 0.911 bits per heavy atom. The summed E-state index contributed by atoms with van der Waals surface area (Å²) in [6.07, 6.45) is 0. The summed E-state index contributed by atoms with van der Waals surface area (Å²) in [5.41, 5.74) is 8.59. The second-order valence-corrected chi connectivity index (χ2v) is 14.3. The fourth-order valence-corrected chi connectivity index (χ4v) is 8.91. The van der Waals surface area contributed by atoms with Gasteiger partial charge in [0.05, 0.1) is 33.1 Å². The van der Waals surface area contributed by atoms with Crippen LogP contribution in [0.3, 0.4) is 0 Å². The largest absolute Gasteiger partial charge is 0.458 e. The molecule has 0 bridgehead atoms. The van der Waals surface area contributed by atoms with Crippen LogP contribution in [0.5, 0.6) is 23.3 Å². The van der Waals surface area contributed by atoms with Crippen LogP contribution in [0.1, 0.15) is 0 Å². The summed E-state index contributed by atoms with van der Waals surface area (Å²) in [5.74, 6) is 3.60. The molecular weight excluding hydrogens is 693 g/mol. The molecule has 2 aliphatic heterocycles. The standard InChI is InChI=1S/C46H26BN7O2/c1-7-19-34-28(13-1)29-14-2-8-20-35(29)52(34)44-49-43(50-45(51-44)53-36-21-9-3-15-30(36)31-16-4-10-22-37(31)53)27-25-40-42-41(26-27)56-46-48-33-18-6-11-23-38(33)54(46)47(42)32-17-5-12-24-39(32)55-40/h1-26H. The second-order valence-electron chi connectivity index (χ2n) is 14.3. The van der Waals surface area contributed by atoms with Crippen molar-refractivity contribution in [3.8, 4) is 46.5 Å². The normalized spacial score (nSPS) is 12.9. The zero-order chi connectivity index (χ0) is 36.5. The van der Waals surface area contributed by atoms with Crippen LogP contribution in [0, 0.1) is 0 Å². The van der Waals surface area contributed by atoms with E-state index in [-0.39, 0.29) is 6.85 Å². The van der Waals surface area contributed by atoms with E-state index < -0.39 is 0 Å². The first-order valence-corrected chi connectivity index (χ1v) is 18.6. The summed E-state index contributed by atoms with van der Waals surface area (Å²) in [5, 5.41) is 4.49. The molecule has 0 spiro atoms. The highest BCUT2D eigenvalue weighted by Gasteiger charge is 2.42. The molecule has 4 aromatic heterocycles. The molecule has 0 unspecified atom stereocenters. The van der Waals surface area contributed by atoms with E-state index in [1.807, 2.05) is 48.5 Å². The highest BCUT2D eigenvalue weighted by Crippen LogP contribution is 2.41. The van der Waals surface area contributed by atoms with Crippen LogP contribution in [0.25, 0.3) is 77.9 Å². The van der Waals surface area contributed by atoms with E-state index in [0.717, 1.165) is 76.9 Å². The topological polar surface area (TPSA) is 84.8 Å². The molecule has 6 heterocycles. The molecule has 0 atom stereocenters. The molecule has 0 radical (unpaired) electrons. The molecule has 0 fully saturated rings. The third kappa shape index (κ3) is 3.99. The zero-order valence-electron chi connectivity index (χ0n) is 29.5. The van der Waals surface area contributed by atoms with Gasteiger partial charge in [-0.15, -0.1) is 0 Å². The molecule has 2 aliphatic rings. The highest BCUT2D eigenvalue weighted by atomic mass is 16.5. The minimum atomic E-state index is -0.199. The summed E-state index contributed by atoms with van der Waals surface area (Å²) in [7, 11) is 0. The number of hydrogen-bond acceptors (Lipinski definition) is 6. The lowest BCUT2D eigenvalue weighted by atomic mass is 9.48. The number of fused-ring (bicyclic) bond motifs is 12. The second kappa shape index (κ2) is 10.9. The van der Waals surface area contributed by atoms with Crippen molar-refractivity contribution >= 4 is 72.4 Å². The van der Waals surface area contributed by atoms with Gasteiger partial charge in [0.15, 0.2) is 5.82 Å². The molecule has 10 heteroatoms. The predicted octanol–water partition coefficient (Wildman–Crippen LogP) is 8.95. The van der Waals surface area contributed by atoms with Crippen LogP contribution >= 0.6 is 0 Å². The zero-order valence-corrected chi connectivity index (χ0v) is 29.5. The minimum absolute atomic E-state index is 0.199. The molecule has 7 aromatic carbocycles. The third-order valence-corrected chi connectivity index (χ3v) is 11.3. The molecule has 0 amide bonds. The smallest absolute Gasteiger partial charge is 0.344 e. The van der Waals surface area contributed by atoms with E-state index >= 15 is 0 Å². The average molecular weight is 720 g/mol. The van der Waals surface area contributed by atoms with E-state index in [9.17, 15) is 0 Å². The maximum Gasteiger partial charge on any atom is 0.344 e. The van der Waals surface area contributed by atoms with Gasteiger partial charge in [0.1, 0.15) is 17.2 Å². The monoisotopic (exact) mass is 719 g/mol. The van der Waals surface area contributed by atoms with Crippen LogP contribution in [0.2, 0.25) is 0 Å². The Labute approximate surface area is 318 Å². The summed E-state index contributed by atoms with van der Waals surface area (Å²) < 4.78 is 19.9. The first kappa shape index (κ1) is 29.7. The summed E-state index contributed by atoms with van der Waals surface area (Å²) in [6.45, 7) is -0.199. The molecular formula is C46H26BN7O2. The van der Waals surface area contributed by atoms with Crippen molar-refractivity contribution in [2.24, 2.45) is 0 Å². The Morgan fingerprint density at radius 3 is 1.50 bits per heavy atom. The third-order valence-electron chi connectivity index (χ3n) is 11.3. The van der Waals surface area contributed by atoms with Crippen LogP contribution in [-0.2, 0) is 0 Å². The van der Waals surface area contributed by atoms with Gasteiger partial charge in [0, 0.05) is 32.6 Å². The molecule has 0 saturated carbocycles. The Bertz CT molecular complexity index is 3240. The summed E-state index contributed by atoms with van der Waals surface area (Å²) in [6, 6.07) is 54.5. The lowest BCUT2D eigenvalue weighted by Gasteiger charge is -2.32. The van der Waals surface area contributed by atoms with Crippen molar-refractivity contribution in [1.82, 2.24) is 33.5 Å². The molecule has 0 aliphatic carbocycles. The number of benzene rings is 7. The maximum atomic E-state index is 6.73. The number of ether oxygens (including phenoxy) is 2. The lowest BCUT2D eigenvalue weighted by molar-refractivity contribution is 0.429. The van der Waals surface area contributed by atoms with Crippen molar-refractivity contribution in [3.63, 3.8) is 0 Å². The fraction of sp³-hybridized carbons (Fsp3) is 0. The van der Waals surface area contributed by atoms with Gasteiger partial charge in [-0.2, -0.15) is 19.9 Å². The Balaban J connectivity index is 1.10. The number of hydrogen-bond donors (Lipinski definition) is 0. The van der Waals surface area contributed by atoms with E-state index in [4.69, 9.17) is 29.4 Å². The molecule has 11 aromatic rings. The number of imidazole rings is 1. The van der Waals surface area contributed by atoms with Gasteiger partial charge in [-0.1, -0.05) is 103 Å². The van der Waals surface area contributed by atoms with Crippen molar-refractivity contribution in [2.45, 2.75) is 0 Å². The molecule has 9 nitrogen and oxygen atoms in total. The van der Waals surface area contributed by atoms with E-state index in [1.165, 1.54) is 0 Å². The van der Waals surface area contributed by atoms with E-state index in [0.29, 0.717) is 35.2 Å². The van der Waals surface area contributed by atoms with Crippen LogP contribution in [0.15, 0.2) is 158 Å². The molecule has 0 saturated heterocycles. The molecule has 0 N–H and O–H groups in total. The Morgan fingerprint density at radius 1 is 0.429 bits per heavy atom. The van der Waals surface area contributed by atoms with E-state index in [2.05, 4.69) is 123 Å². The number of aromatic nitrogens is 7. The van der Waals surface area contributed by atoms with Gasteiger partial charge in [0.2, 0.25) is 11.9 Å². The van der Waals surface area contributed by atoms with Crippen molar-refractivity contribution in [3.05, 3.63) is 158 Å². The summed E-state index contributed by atoms with van der Waals surface area (Å²) >= 11 is 0. The maximum absolute atomic E-state index is 6.73. The van der Waals surface area contributed by atoms with Gasteiger partial charge in [-0.25, -0.2) is 0 Å². The van der Waals surface area contributed by atoms with Gasteiger partial charge in [-0.3, -0.25) is 9.13 Å². The van der Waals surface area contributed by atoms with Crippen LogP contribution < -0.4 is 20.4 Å². The first-order valence-electron chi connectivity index (χ1n) is 18.6. The number of rotatable bonds is 3. The highest BCUT2D eigenvalue weighted by molar-refractivity contribution is 6.87. The van der Waals surface area contributed by atoms with Gasteiger partial charge in [0.25, 0.3) is 6.01 Å². The lowest BCUT2D eigenvalue weighted by Crippen LogP contribution is -2.54. The SMILES string of the molecule is c1ccc2c(c1)Oc1cc(-c3nc(-n4c5ccccc5c5ccccc54)nc(-n4c5ccccc5c5ccccc54)n3)cc3c1B2n1c(nc2ccccc21)O3. The Kier molecular flexibility index (Phi) is 5.80. The molecule has 13 rings (SSSR count).